The molecule has 1 atom stereocenters. The number of rotatable bonds is 6. The fraction of sp³-hybridized carbons (Fsp3) is 0.588. The second-order valence-electron chi connectivity index (χ2n) is 6.79. The van der Waals surface area contributed by atoms with Crippen LogP contribution < -0.4 is 0 Å². The highest BCUT2D eigenvalue weighted by Crippen LogP contribution is 2.40. The predicted octanol–water partition coefficient (Wildman–Crippen LogP) is 4.70. The molecule has 1 aromatic carbocycles. The third kappa shape index (κ3) is 5.29. The summed E-state index contributed by atoms with van der Waals surface area (Å²) >= 11 is 0. The van der Waals surface area contributed by atoms with E-state index in [0.29, 0.717) is 6.61 Å². The highest BCUT2D eigenvalue weighted by atomic mass is 28.4. The van der Waals surface area contributed by atoms with Gasteiger partial charge in [-0.15, -0.1) is 0 Å². The summed E-state index contributed by atoms with van der Waals surface area (Å²) in [6, 6.07) is 9.94. The van der Waals surface area contributed by atoms with Crippen LogP contribution in [0.4, 0.5) is 0 Å². The van der Waals surface area contributed by atoms with Crippen LogP contribution >= 0.6 is 0 Å². The van der Waals surface area contributed by atoms with Gasteiger partial charge in [0.1, 0.15) is 0 Å². The molecular formula is C17H28O3Si. The van der Waals surface area contributed by atoms with Crippen LogP contribution in [-0.4, -0.2) is 20.9 Å². The Morgan fingerprint density at radius 2 is 1.76 bits per heavy atom. The lowest BCUT2D eigenvalue weighted by Gasteiger charge is -2.39. The first kappa shape index (κ1) is 17.9. The van der Waals surface area contributed by atoms with Crippen molar-refractivity contribution in [3.05, 3.63) is 35.9 Å². The maximum absolute atomic E-state index is 11.9. The highest BCUT2D eigenvalue weighted by Gasteiger charge is 2.39. The molecule has 0 unspecified atom stereocenters. The van der Waals surface area contributed by atoms with Gasteiger partial charge < -0.3 is 9.16 Å². The van der Waals surface area contributed by atoms with Crippen molar-refractivity contribution in [1.29, 1.82) is 0 Å². The molecule has 3 nitrogen and oxygen atoms in total. The first-order chi connectivity index (χ1) is 9.67. The normalized spacial score (nSPS) is 13.8. The molecule has 118 valence electrons. The predicted molar refractivity (Wildman–Crippen MR) is 88.7 cm³/mol. The van der Waals surface area contributed by atoms with E-state index in [1.807, 2.05) is 37.3 Å². The summed E-state index contributed by atoms with van der Waals surface area (Å²) in [7, 11) is -1.95. The van der Waals surface area contributed by atoms with Crippen LogP contribution in [0.2, 0.25) is 18.1 Å². The minimum atomic E-state index is -1.95. The van der Waals surface area contributed by atoms with Crippen molar-refractivity contribution < 1.29 is 14.0 Å². The molecule has 0 saturated heterocycles. The van der Waals surface area contributed by atoms with E-state index in [2.05, 4.69) is 33.9 Å². The molecule has 0 aliphatic carbocycles. The Morgan fingerprint density at radius 1 is 1.19 bits per heavy atom. The summed E-state index contributed by atoms with van der Waals surface area (Å²) in [5.41, 5.74) is 1.04. The lowest BCUT2D eigenvalue weighted by Crippen LogP contribution is -2.42. The third-order valence-electron chi connectivity index (χ3n) is 4.07. The standard InChI is InChI=1S/C17H28O3Si/c1-7-19-16(18)13-15(14-11-9-8-10-12-14)20-21(5,6)17(2,3)4/h8-12,15H,7,13H2,1-6H3/t15-/m0/s1. The summed E-state index contributed by atoms with van der Waals surface area (Å²) in [4.78, 5) is 11.9. The molecule has 0 N–H and O–H groups in total. The van der Waals surface area contributed by atoms with Crippen molar-refractivity contribution in [2.75, 3.05) is 6.61 Å². The summed E-state index contributed by atoms with van der Waals surface area (Å²) in [5.74, 6) is -0.204. The second-order valence-corrected chi connectivity index (χ2v) is 11.5. The quantitative estimate of drug-likeness (QED) is 0.564. The van der Waals surface area contributed by atoms with E-state index in [1.54, 1.807) is 0 Å². The average molecular weight is 308 g/mol. The van der Waals surface area contributed by atoms with Gasteiger partial charge in [-0.3, -0.25) is 4.79 Å². The molecule has 0 fully saturated rings. The lowest BCUT2D eigenvalue weighted by atomic mass is 10.1. The van der Waals surface area contributed by atoms with Crippen molar-refractivity contribution >= 4 is 14.3 Å². The summed E-state index contributed by atoms with van der Waals surface area (Å²) < 4.78 is 11.5. The van der Waals surface area contributed by atoms with Gasteiger partial charge in [-0.2, -0.15) is 0 Å². The van der Waals surface area contributed by atoms with E-state index in [0.717, 1.165) is 5.56 Å². The molecule has 4 heteroatoms. The van der Waals surface area contributed by atoms with Gasteiger partial charge in [0, 0.05) is 0 Å². The van der Waals surface area contributed by atoms with Crippen molar-refractivity contribution in [2.45, 2.75) is 58.4 Å². The summed E-state index contributed by atoms with van der Waals surface area (Å²) in [5, 5.41) is 0.106. The smallest absolute Gasteiger partial charge is 0.308 e. The first-order valence-electron chi connectivity index (χ1n) is 7.56. The van der Waals surface area contributed by atoms with Gasteiger partial charge in [0.05, 0.1) is 19.1 Å². The fourth-order valence-electron chi connectivity index (χ4n) is 1.80. The maximum Gasteiger partial charge on any atom is 0.308 e. The number of carbonyl (C=O) groups excluding carboxylic acids is 1. The van der Waals surface area contributed by atoms with E-state index in [1.165, 1.54) is 0 Å². The van der Waals surface area contributed by atoms with Gasteiger partial charge in [0.25, 0.3) is 0 Å². The van der Waals surface area contributed by atoms with Crippen molar-refractivity contribution in [3.63, 3.8) is 0 Å². The van der Waals surface area contributed by atoms with Crippen molar-refractivity contribution in [2.24, 2.45) is 0 Å². The van der Waals surface area contributed by atoms with Crippen molar-refractivity contribution in [1.82, 2.24) is 0 Å². The lowest BCUT2D eigenvalue weighted by molar-refractivity contribution is -0.145. The van der Waals surface area contributed by atoms with Crippen LogP contribution in [0.15, 0.2) is 30.3 Å². The molecule has 1 aromatic rings. The molecule has 0 heterocycles. The van der Waals surface area contributed by atoms with E-state index >= 15 is 0 Å². The Balaban J connectivity index is 2.95. The molecule has 0 spiro atoms. The van der Waals surface area contributed by atoms with E-state index in [-0.39, 0.29) is 23.5 Å². The SMILES string of the molecule is CCOC(=O)C[C@H](O[Si](C)(C)C(C)(C)C)c1ccccc1. The van der Waals surface area contributed by atoms with Crippen LogP contribution in [0.3, 0.4) is 0 Å². The first-order valence-corrected chi connectivity index (χ1v) is 10.5. The average Bonchev–Trinajstić information content (AvgIpc) is 2.37. The third-order valence-corrected chi connectivity index (χ3v) is 8.56. The maximum atomic E-state index is 11.9. The van der Waals surface area contributed by atoms with Gasteiger partial charge in [0.15, 0.2) is 8.32 Å². The summed E-state index contributed by atoms with van der Waals surface area (Å²) in [6.07, 6.45) is 0.0378. The Bertz CT molecular complexity index is 449. The van der Waals surface area contributed by atoms with E-state index in [4.69, 9.17) is 9.16 Å². The van der Waals surface area contributed by atoms with Gasteiger partial charge >= 0.3 is 5.97 Å². The second kappa shape index (κ2) is 7.23. The molecule has 0 aromatic heterocycles. The fourth-order valence-corrected chi connectivity index (χ4v) is 3.08. The zero-order valence-corrected chi connectivity index (χ0v) is 15.1. The zero-order valence-electron chi connectivity index (χ0n) is 14.1. The molecule has 0 aliphatic rings. The van der Waals surface area contributed by atoms with Gasteiger partial charge in [0.2, 0.25) is 0 Å². The molecular weight excluding hydrogens is 280 g/mol. The minimum Gasteiger partial charge on any atom is -0.466 e. The monoisotopic (exact) mass is 308 g/mol. The molecule has 21 heavy (non-hydrogen) atoms. The molecule has 1 rings (SSSR count). The number of esters is 1. The van der Waals surface area contributed by atoms with Gasteiger partial charge in [-0.05, 0) is 30.6 Å². The Kier molecular flexibility index (Phi) is 6.17. The summed E-state index contributed by atoms with van der Waals surface area (Å²) in [6.45, 7) is 13.2. The largest absolute Gasteiger partial charge is 0.466 e. The van der Waals surface area contributed by atoms with Crippen LogP contribution in [0.25, 0.3) is 0 Å². The van der Waals surface area contributed by atoms with Crippen molar-refractivity contribution in [3.8, 4) is 0 Å². The number of benzene rings is 1. The van der Waals surface area contributed by atoms with Crippen LogP contribution in [0, 0.1) is 0 Å². The Labute approximate surface area is 129 Å². The molecule has 0 aliphatic heterocycles. The van der Waals surface area contributed by atoms with Crippen LogP contribution in [0.1, 0.15) is 45.8 Å². The Hall–Kier alpha value is -1.13. The zero-order chi connectivity index (χ0) is 16.1. The highest BCUT2D eigenvalue weighted by molar-refractivity contribution is 6.74. The molecule has 0 radical (unpaired) electrons. The van der Waals surface area contributed by atoms with Gasteiger partial charge in [-0.25, -0.2) is 0 Å². The van der Waals surface area contributed by atoms with Crippen LogP contribution in [-0.2, 0) is 14.0 Å². The minimum absolute atomic E-state index is 0.106. The molecule has 0 amide bonds. The van der Waals surface area contributed by atoms with Gasteiger partial charge in [-0.1, -0.05) is 51.1 Å². The molecule has 0 saturated carbocycles. The topological polar surface area (TPSA) is 35.5 Å². The van der Waals surface area contributed by atoms with Crippen LogP contribution in [0.5, 0.6) is 0 Å². The number of ether oxygens (including phenoxy) is 1. The van der Waals surface area contributed by atoms with E-state index < -0.39 is 8.32 Å². The number of hydrogen-bond acceptors (Lipinski definition) is 3. The molecule has 0 bridgehead atoms. The number of hydrogen-bond donors (Lipinski definition) is 0. The van der Waals surface area contributed by atoms with E-state index in [9.17, 15) is 4.79 Å². The Morgan fingerprint density at radius 3 is 2.24 bits per heavy atom. The number of carbonyl (C=O) groups is 1.